The van der Waals surface area contributed by atoms with Crippen molar-refractivity contribution in [2.75, 3.05) is 6.54 Å². The Morgan fingerprint density at radius 2 is 2.10 bits per heavy atom. The molecule has 0 aliphatic carbocycles. The van der Waals surface area contributed by atoms with E-state index in [2.05, 4.69) is 63.4 Å². The lowest BCUT2D eigenvalue weighted by molar-refractivity contribution is 0.497. The SMILES string of the molecule is CCCn1ncnc1CC(NCC)c1ccccc1Br. The number of hydrogen-bond donors (Lipinski definition) is 1. The zero-order valence-corrected chi connectivity index (χ0v) is 13.6. The van der Waals surface area contributed by atoms with Crippen LogP contribution in [0.15, 0.2) is 35.1 Å². The molecule has 1 unspecified atom stereocenters. The number of aryl methyl sites for hydroxylation is 1. The summed E-state index contributed by atoms with van der Waals surface area (Å²) in [4.78, 5) is 4.41. The van der Waals surface area contributed by atoms with Gasteiger partial charge < -0.3 is 5.32 Å². The van der Waals surface area contributed by atoms with E-state index in [1.165, 1.54) is 5.56 Å². The van der Waals surface area contributed by atoms with Crippen molar-refractivity contribution in [3.05, 3.63) is 46.5 Å². The van der Waals surface area contributed by atoms with Gasteiger partial charge in [-0.3, -0.25) is 4.68 Å². The standard InChI is InChI=1S/C15H21BrN4/c1-3-9-20-15(18-11-19-20)10-14(17-4-2)12-7-5-6-8-13(12)16/h5-8,11,14,17H,3-4,9-10H2,1-2H3. The minimum atomic E-state index is 0.246. The fraction of sp³-hybridized carbons (Fsp3) is 0.467. The van der Waals surface area contributed by atoms with E-state index in [0.717, 1.165) is 36.2 Å². The first-order valence-corrected chi connectivity index (χ1v) is 7.90. The number of nitrogens with zero attached hydrogens (tertiary/aromatic N) is 3. The van der Waals surface area contributed by atoms with E-state index in [1.54, 1.807) is 6.33 Å². The van der Waals surface area contributed by atoms with E-state index in [-0.39, 0.29) is 6.04 Å². The third kappa shape index (κ3) is 3.67. The van der Waals surface area contributed by atoms with Crippen molar-refractivity contribution in [3.8, 4) is 0 Å². The molecule has 0 amide bonds. The second kappa shape index (κ2) is 7.55. The Kier molecular flexibility index (Phi) is 5.73. The molecule has 20 heavy (non-hydrogen) atoms. The monoisotopic (exact) mass is 336 g/mol. The highest BCUT2D eigenvalue weighted by Gasteiger charge is 2.16. The van der Waals surface area contributed by atoms with Crippen molar-refractivity contribution in [2.45, 2.75) is 39.3 Å². The van der Waals surface area contributed by atoms with Gasteiger partial charge in [-0.2, -0.15) is 5.10 Å². The van der Waals surface area contributed by atoms with Gasteiger partial charge >= 0.3 is 0 Å². The lowest BCUT2D eigenvalue weighted by Crippen LogP contribution is -2.25. The van der Waals surface area contributed by atoms with Gasteiger partial charge in [-0.25, -0.2) is 4.98 Å². The minimum Gasteiger partial charge on any atom is -0.310 e. The van der Waals surface area contributed by atoms with Gasteiger partial charge in [0.05, 0.1) is 0 Å². The van der Waals surface area contributed by atoms with Crippen LogP contribution >= 0.6 is 15.9 Å². The van der Waals surface area contributed by atoms with Crippen LogP contribution in [0.4, 0.5) is 0 Å². The Labute approximate surface area is 128 Å². The highest BCUT2D eigenvalue weighted by Crippen LogP contribution is 2.25. The molecule has 0 aliphatic heterocycles. The molecule has 4 nitrogen and oxygen atoms in total. The average Bonchev–Trinajstić information content (AvgIpc) is 2.87. The smallest absolute Gasteiger partial charge is 0.138 e. The molecule has 1 heterocycles. The molecule has 108 valence electrons. The lowest BCUT2D eigenvalue weighted by Gasteiger charge is -2.19. The molecule has 2 rings (SSSR count). The Balaban J connectivity index is 2.21. The van der Waals surface area contributed by atoms with E-state index in [1.807, 2.05) is 10.7 Å². The van der Waals surface area contributed by atoms with E-state index < -0.39 is 0 Å². The van der Waals surface area contributed by atoms with Crippen LogP contribution in [0.3, 0.4) is 0 Å². The molecule has 1 aromatic carbocycles. The van der Waals surface area contributed by atoms with Crippen molar-refractivity contribution < 1.29 is 0 Å². The molecule has 0 aliphatic rings. The number of aromatic nitrogens is 3. The van der Waals surface area contributed by atoms with Crippen LogP contribution in [0.1, 0.15) is 37.7 Å². The summed E-state index contributed by atoms with van der Waals surface area (Å²) in [6, 6.07) is 8.58. The summed E-state index contributed by atoms with van der Waals surface area (Å²) in [6.45, 7) is 6.12. The second-order valence-electron chi connectivity index (χ2n) is 4.74. The van der Waals surface area contributed by atoms with Gasteiger partial charge in [0.1, 0.15) is 12.2 Å². The number of benzene rings is 1. The highest BCUT2D eigenvalue weighted by atomic mass is 79.9. The summed E-state index contributed by atoms with van der Waals surface area (Å²) in [5.74, 6) is 1.04. The van der Waals surface area contributed by atoms with Crippen LogP contribution in [0.5, 0.6) is 0 Å². The molecule has 0 spiro atoms. The van der Waals surface area contributed by atoms with Crippen LogP contribution in [-0.2, 0) is 13.0 Å². The Morgan fingerprint density at radius 3 is 2.80 bits per heavy atom. The molecule has 5 heteroatoms. The van der Waals surface area contributed by atoms with Crippen molar-refractivity contribution in [3.63, 3.8) is 0 Å². The third-order valence-corrected chi connectivity index (χ3v) is 3.97. The topological polar surface area (TPSA) is 42.7 Å². The first-order valence-electron chi connectivity index (χ1n) is 7.10. The zero-order chi connectivity index (χ0) is 14.4. The van der Waals surface area contributed by atoms with Gasteiger partial charge in [-0.15, -0.1) is 0 Å². The maximum Gasteiger partial charge on any atom is 0.138 e. The Morgan fingerprint density at radius 1 is 1.30 bits per heavy atom. The maximum absolute atomic E-state index is 4.41. The highest BCUT2D eigenvalue weighted by molar-refractivity contribution is 9.10. The van der Waals surface area contributed by atoms with Crippen LogP contribution in [0.25, 0.3) is 0 Å². The van der Waals surface area contributed by atoms with E-state index in [4.69, 9.17) is 0 Å². The summed E-state index contributed by atoms with van der Waals surface area (Å²) in [5.41, 5.74) is 1.26. The molecule has 1 atom stereocenters. The molecule has 1 N–H and O–H groups in total. The summed E-state index contributed by atoms with van der Waals surface area (Å²) < 4.78 is 3.13. The van der Waals surface area contributed by atoms with Gasteiger partial charge in [0.15, 0.2) is 0 Å². The van der Waals surface area contributed by atoms with Crippen molar-refractivity contribution in [1.82, 2.24) is 20.1 Å². The van der Waals surface area contributed by atoms with Crippen molar-refractivity contribution >= 4 is 15.9 Å². The number of halogens is 1. The number of likely N-dealkylation sites (N-methyl/N-ethyl adjacent to an activating group) is 1. The molecule has 0 saturated heterocycles. The predicted molar refractivity (Wildman–Crippen MR) is 84.6 cm³/mol. The third-order valence-electron chi connectivity index (χ3n) is 3.25. The van der Waals surface area contributed by atoms with Crippen molar-refractivity contribution in [1.29, 1.82) is 0 Å². The molecule has 0 saturated carbocycles. The van der Waals surface area contributed by atoms with E-state index >= 15 is 0 Å². The molecule has 2 aromatic rings. The maximum atomic E-state index is 4.41. The average molecular weight is 337 g/mol. The summed E-state index contributed by atoms with van der Waals surface area (Å²) in [5, 5.41) is 7.84. The first-order chi connectivity index (χ1) is 9.76. The Hall–Kier alpha value is -1.20. The Bertz CT molecular complexity index is 538. The molecule has 1 aromatic heterocycles. The normalized spacial score (nSPS) is 12.6. The van der Waals surface area contributed by atoms with E-state index in [9.17, 15) is 0 Å². The molecule has 0 bridgehead atoms. The largest absolute Gasteiger partial charge is 0.310 e. The lowest BCUT2D eigenvalue weighted by atomic mass is 10.0. The van der Waals surface area contributed by atoms with Gasteiger partial charge in [0, 0.05) is 23.5 Å². The molecular formula is C15H21BrN4. The molecule has 0 radical (unpaired) electrons. The van der Waals surface area contributed by atoms with Crippen molar-refractivity contribution in [2.24, 2.45) is 0 Å². The van der Waals surface area contributed by atoms with Crippen LogP contribution in [-0.4, -0.2) is 21.3 Å². The number of rotatable bonds is 7. The number of hydrogen-bond acceptors (Lipinski definition) is 3. The summed E-state index contributed by atoms with van der Waals surface area (Å²) in [6.07, 6.45) is 3.56. The summed E-state index contributed by atoms with van der Waals surface area (Å²) in [7, 11) is 0. The summed E-state index contributed by atoms with van der Waals surface area (Å²) >= 11 is 3.64. The van der Waals surface area contributed by atoms with Crippen LogP contribution in [0, 0.1) is 0 Å². The quantitative estimate of drug-likeness (QED) is 0.843. The van der Waals surface area contributed by atoms with Gasteiger partial charge in [-0.1, -0.05) is 48.0 Å². The second-order valence-corrected chi connectivity index (χ2v) is 5.59. The zero-order valence-electron chi connectivity index (χ0n) is 12.0. The first kappa shape index (κ1) is 15.2. The number of nitrogens with one attached hydrogen (secondary N) is 1. The van der Waals surface area contributed by atoms with Crippen LogP contribution < -0.4 is 5.32 Å². The fourth-order valence-electron chi connectivity index (χ4n) is 2.32. The van der Waals surface area contributed by atoms with Gasteiger partial charge in [0.2, 0.25) is 0 Å². The molecule has 0 fully saturated rings. The fourth-order valence-corrected chi connectivity index (χ4v) is 2.88. The minimum absolute atomic E-state index is 0.246. The van der Waals surface area contributed by atoms with Gasteiger partial charge in [0.25, 0.3) is 0 Å². The van der Waals surface area contributed by atoms with E-state index in [0.29, 0.717) is 0 Å². The molecular weight excluding hydrogens is 316 g/mol. The van der Waals surface area contributed by atoms with Gasteiger partial charge in [-0.05, 0) is 24.6 Å². The predicted octanol–water partition coefficient (Wildman–Crippen LogP) is 3.34. The van der Waals surface area contributed by atoms with Crippen LogP contribution in [0.2, 0.25) is 0 Å².